The molecule has 0 aromatic heterocycles. The highest BCUT2D eigenvalue weighted by molar-refractivity contribution is 5.96. The Morgan fingerprint density at radius 2 is 0.633 bits per heavy atom. The van der Waals surface area contributed by atoms with Crippen molar-refractivity contribution in [3.8, 4) is 22.6 Å². The fourth-order valence-corrected chi connectivity index (χ4v) is 9.84. The minimum Gasteiger partial charge on any atom is -0.457 e. The molecule has 60 heavy (non-hydrogen) atoms. The average molecular weight is 767 g/mol. The fraction of sp³-hybridized carbons (Fsp3) is 0.0175. The van der Waals surface area contributed by atoms with Crippen LogP contribution >= 0.6 is 0 Å². The molecule has 1 aliphatic heterocycles. The van der Waals surface area contributed by atoms with Crippen LogP contribution in [0.25, 0.3) is 32.7 Å². The van der Waals surface area contributed by atoms with E-state index >= 15 is 0 Å². The highest BCUT2D eigenvalue weighted by atomic mass is 16.5. The molecule has 0 unspecified atom stereocenters. The van der Waals surface area contributed by atoms with Gasteiger partial charge in [0.05, 0.1) is 5.41 Å². The van der Waals surface area contributed by atoms with Gasteiger partial charge in [-0.1, -0.05) is 146 Å². The zero-order valence-electron chi connectivity index (χ0n) is 32.7. The molecule has 0 saturated heterocycles. The molecule has 0 bridgehead atoms. The Morgan fingerprint density at radius 3 is 1.10 bits per heavy atom. The van der Waals surface area contributed by atoms with Crippen molar-refractivity contribution < 1.29 is 4.74 Å². The van der Waals surface area contributed by atoms with E-state index in [0.29, 0.717) is 0 Å². The summed E-state index contributed by atoms with van der Waals surface area (Å²) in [6.07, 6.45) is 0. The number of benzene rings is 10. The lowest BCUT2D eigenvalue weighted by atomic mass is 9.66. The van der Waals surface area contributed by atoms with Crippen molar-refractivity contribution in [1.29, 1.82) is 0 Å². The number of para-hydroxylation sites is 4. The Labute approximate surface area is 349 Å². The monoisotopic (exact) mass is 766 g/mol. The molecule has 0 atom stereocenters. The molecule has 0 radical (unpaired) electrons. The molecule has 0 N–H and O–H groups in total. The van der Waals surface area contributed by atoms with Crippen molar-refractivity contribution in [3.63, 3.8) is 0 Å². The van der Waals surface area contributed by atoms with Crippen LogP contribution < -0.4 is 14.5 Å². The van der Waals surface area contributed by atoms with E-state index in [4.69, 9.17) is 4.74 Å². The van der Waals surface area contributed by atoms with Crippen LogP contribution in [0.15, 0.2) is 231 Å². The number of fused-ring (bicyclic) bond motifs is 11. The van der Waals surface area contributed by atoms with E-state index < -0.39 is 5.41 Å². The van der Waals surface area contributed by atoms with E-state index in [-0.39, 0.29) is 0 Å². The Morgan fingerprint density at radius 1 is 0.267 bits per heavy atom. The van der Waals surface area contributed by atoms with E-state index in [2.05, 4.69) is 240 Å². The molecular weight excluding hydrogens is 729 g/mol. The first kappa shape index (κ1) is 34.2. The lowest BCUT2D eigenvalue weighted by Crippen LogP contribution is -2.32. The molecule has 282 valence electrons. The zero-order valence-corrected chi connectivity index (χ0v) is 32.7. The summed E-state index contributed by atoms with van der Waals surface area (Å²) in [6.45, 7) is 0. The molecule has 10 aromatic rings. The van der Waals surface area contributed by atoms with Crippen molar-refractivity contribution in [2.75, 3.05) is 9.80 Å². The number of ether oxygens (including phenoxy) is 1. The van der Waals surface area contributed by atoms with Gasteiger partial charge in [0, 0.05) is 45.3 Å². The number of hydrogen-bond acceptors (Lipinski definition) is 3. The molecule has 2 aliphatic rings. The maximum absolute atomic E-state index is 6.70. The Balaban J connectivity index is 1.13. The van der Waals surface area contributed by atoms with Gasteiger partial charge in [-0.25, -0.2) is 0 Å². The van der Waals surface area contributed by atoms with Crippen LogP contribution in [0.1, 0.15) is 22.3 Å². The quantitative estimate of drug-likeness (QED) is 0.168. The van der Waals surface area contributed by atoms with Gasteiger partial charge < -0.3 is 14.5 Å². The maximum Gasteiger partial charge on any atom is 0.132 e. The number of rotatable bonds is 6. The molecule has 0 fully saturated rings. The molecule has 1 spiro atoms. The molecule has 3 heteroatoms. The van der Waals surface area contributed by atoms with E-state index in [1.807, 2.05) is 0 Å². The first-order chi connectivity index (χ1) is 29.7. The second-order valence-electron chi connectivity index (χ2n) is 15.7. The Kier molecular flexibility index (Phi) is 7.76. The number of anilines is 6. The largest absolute Gasteiger partial charge is 0.457 e. The van der Waals surface area contributed by atoms with Gasteiger partial charge in [0.15, 0.2) is 0 Å². The second kappa shape index (κ2) is 13.6. The van der Waals surface area contributed by atoms with Crippen molar-refractivity contribution in [2.45, 2.75) is 5.41 Å². The summed E-state index contributed by atoms with van der Waals surface area (Å²) in [4.78, 5) is 4.77. The summed E-state index contributed by atoms with van der Waals surface area (Å²) < 4.78 is 6.70. The molecule has 0 saturated carbocycles. The summed E-state index contributed by atoms with van der Waals surface area (Å²) in [5.41, 5.74) is 13.2. The third-order valence-corrected chi connectivity index (χ3v) is 12.4. The lowest BCUT2D eigenvalue weighted by molar-refractivity contribution is 0.436. The smallest absolute Gasteiger partial charge is 0.132 e. The predicted octanol–water partition coefficient (Wildman–Crippen LogP) is 15.4. The van der Waals surface area contributed by atoms with Crippen molar-refractivity contribution in [2.24, 2.45) is 0 Å². The van der Waals surface area contributed by atoms with E-state index in [0.717, 1.165) is 56.8 Å². The van der Waals surface area contributed by atoms with Crippen molar-refractivity contribution >= 4 is 55.7 Å². The number of hydrogen-bond donors (Lipinski definition) is 0. The highest BCUT2D eigenvalue weighted by Gasteiger charge is 2.51. The highest BCUT2D eigenvalue weighted by Crippen LogP contribution is 2.63. The normalized spacial score (nSPS) is 12.9. The summed E-state index contributed by atoms with van der Waals surface area (Å²) in [5, 5.41) is 4.85. The Hall–Kier alpha value is -7.88. The standard InChI is InChI=1S/C57H38N2O/c1-3-19-43(20-4-1)58(45-29-27-39-15-7-9-17-41(39)35-45)47-31-33-51-49(37-47)50-38-48(59(44-21-5-2-6-22-44)46-30-28-40-16-8-10-18-42(40)36-46)32-34-52(50)57(51)53-23-11-13-25-55(53)60-56-26-14-12-24-54(56)57/h1-38H. The molecule has 0 amide bonds. The van der Waals surface area contributed by atoms with Gasteiger partial charge in [0.2, 0.25) is 0 Å². The minimum absolute atomic E-state index is 0.603. The SMILES string of the molecule is c1ccc(N(c2ccc3c(c2)-c2cc(N(c4ccccc4)c4ccc5ccccc5c4)ccc2C32c3ccccc3Oc3ccccc32)c2ccc3ccccc3c2)cc1. The molecule has 10 aromatic carbocycles. The van der Waals surface area contributed by atoms with E-state index in [1.165, 1.54) is 43.8 Å². The topological polar surface area (TPSA) is 15.7 Å². The first-order valence-electron chi connectivity index (χ1n) is 20.6. The predicted molar refractivity (Wildman–Crippen MR) is 248 cm³/mol. The average Bonchev–Trinajstić information content (AvgIpc) is 3.59. The third-order valence-electron chi connectivity index (χ3n) is 12.4. The third kappa shape index (κ3) is 5.23. The Bertz CT molecular complexity index is 3050. The van der Waals surface area contributed by atoms with Crippen LogP contribution in [0.3, 0.4) is 0 Å². The van der Waals surface area contributed by atoms with Gasteiger partial charge in [-0.2, -0.15) is 0 Å². The lowest BCUT2D eigenvalue weighted by Gasteiger charge is -2.39. The molecular formula is C57H38N2O. The molecule has 1 aliphatic carbocycles. The first-order valence-corrected chi connectivity index (χ1v) is 20.6. The van der Waals surface area contributed by atoms with Crippen LogP contribution in [0.5, 0.6) is 11.5 Å². The van der Waals surface area contributed by atoms with Gasteiger partial charge in [-0.15, -0.1) is 0 Å². The van der Waals surface area contributed by atoms with E-state index in [9.17, 15) is 0 Å². The molecule has 12 rings (SSSR count). The molecule has 3 nitrogen and oxygen atoms in total. The van der Waals surface area contributed by atoms with Gasteiger partial charge in [-0.3, -0.25) is 0 Å². The van der Waals surface area contributed by atoms with Gasteiger partial charge in [0.25, 0.3) is 0 Å². The second-order valence-corrected chi connectivity index (χ2v) is 15.7. The number of nitrogens with zero attached hydrogens (tertiary/aromatic N) is 2. The van der Waals surface area contributed by atoms with Gasteiger partial charge in [0.1, 0.15) is 11.5 Å². The van der Waals surface area contributed by atoms with Crippen LogP contribution in [0, 0.1) is 0 Å². The summed E-state index contributed by atoms with van der Waals surface area (Å²) in [6, 6.07) is 83.5. The minimum atomic E-state index is -0.603. The van der Waals surface area contributed by atoms with Crippen LogP contribution in [-0.2, 0) is 5.41 Å². The van der Waals surface area contributed by atoms with Crippen molar-refractivity contribution in [3.05, 3.63) is 253 Å². The van der Waals surface area contributed by atoms with Gasteiger partial charge in [-0.05, 0) is 129 Å². The zero-order chi connectivity index (χ0) is 39.6. The summed E-state index contributed by atoms with van der Waals surface area (Å²) in [5.74, 6) is 1.76. The summed E-state index contributed by atoms with van der Waals surface area (Å²) >= 11 is 0. The van der Waals surface area contributed by atoms with E-state index in [1.54, 1.807) is 0 Å². The van der Waals surface area contributed by atoms with Gasteiger partial charge >= 0.3 is 0 Å². The van der Waals surface area contributed by atoms with Crippen molar-refractivity contribution in [1.82, 2.24) is 0 Å². The molecule has 1 heterocycles. The van der Waals surface area contributed by atoms with Crippen LogP contribution in [0.2, 0.25) is 0 Å². The maximum atomic E-state index is 6.70. The fourth-order valence-electron chi connectivity index (χ4n) is 9.84. The van der Waals surface area contributed by atoms with Crippen LogP contribution in [0.4, 0.5) is 34.1 Å². The summed E-state index contributed by atoms with van der Waals surface area (Å²) in [7, 11) is 0. The van der Waals surface area contributed by atoms with Crippen LogP contribution in [-0.4, -0.2) is 0 Å².